The van der Waals surface area contributed by atoms with Crippen molar-refractivity contribution < 1.29 is 13.6 Å². The van der Waals surface area contributed by atoms with E-state index in [4.69, 9.17) is 11.3 Å². The third-order valence-corrected chi connectivity index (χ3v) is 3.14. The lowest BCUT2D eigenvalue weighted by atomic mass is 9.77. The normalized spacial score (nSPS) is 38.2. The Balaban J connectivity index is 2.20. The second-order valence-corrected chi connectivity index (χ2v) is 4.14. The Labute approximate surface area is 93.3 Å². The molecule has 0 aromatic rings. The summed E-state index contributed by atoms with van der Waals surface area (Å²) in [5.41, 5.74) is 1.56. The highest BCUT2D eigenvalue weighted by Crippen LogP contribution is 2.38. The molecule has 0 bridgehead atoms. The third kappa shape index (κ3) is 1.77. The molecule has 1 aliphatic carbocycles. The van der Waals surface area contributed by atoms with Crippen molar-refractivity contribution in [2.75, 3.05) is 6.67 Å². The van der Waals surface area contributed by atoms with Crippen LogP contribution >= 0.6 is 0 Å². The minimum Gasteiger partial charge on any atom is -0.285 e. The van der Waals surface area contributed by atoms with Crippen molar-refractivity contribution in [2.24, 2.45) is 5.92 Å². The van der Waals surface area contributed by atoms with E-state index in [2.05, 4.69) is 11.4 Å². The zero-order valence-electron chi connectivity index (χ0n) is 8.75. The van der Waals surface area contributed by atoms with Crippen LogP contribution in [0.3, 0.4) is 0 Å². The van der Waals surface area contributed by atoms with Crippen LogP contribution in [-0.2, 0) is 4.84 Å². The summed E-state index contributed by atoms with van der Waals surface area (Å²) in [7, 11) is 0. The lowest BCUT2D eigenvalue weighted by molar-refractivity contribution is 0.0132. The molecule has 1 heterocycles. The molecule has 2 rings (SSSR count). The van der Waals surface area contributed by atoms with Crippen molar-refractivity contribution in [1.29, 1.82) is 0 Å². The van der Waals surface area contributed by atoms with Crippen LogP contribution in [0.25, 0.3) is 0 Å². The fourth-order valence-corrected chi connectivity index (χ4v) is 2.18. The summed E-state index contributed by atoms with van der Waals surface area (Å²) in [6.07, 6.45) is 10.3. The molecule has 0 aromatic carbocycles. The number of alkyl halides is 1. The van der Waals surface area contributed by atoms with Gasteiger partial charge >= 0.3 is 0 Å². The quantitative estimate of drug-likeness (QED) is 0.726. The number of hydrogen-bond acceptors (Lipinski definition) is 2. The number of terminal acetylenes is 1. The molecule has 16 heavy (non-hydrogen) atoms. The van der Waals surface area contributed by atoms with E-state index in [1.54, 1.807) is 6.08 Å². The molecule has 1 N–H and O–H groups in total. The number of hydroxylamine groups is 1. The van der Waals surface area contributed by atoms with Crippen molar-refractivity contribution in [1.82, 2.24) is 5.48 Å². The highest BCUT2D eigenvalue weighted by molar-refractivity contribution is 5.22. The van der Waals surface area contributed by atoms with Gasteiger partial charge < -0.3 is 0 Å². The lowest BCUT2D eigenvalue weighted by Gasteiger charge is -2.33. The first-order valence-electron chi connectivity index (χ1n) is 5.19. The van der Waals surface area contributed by atoms with E-state index >= 15 is 0 Å². The highest BCUT2D eigenvalue weighted by Gasteiger charge is 2.47. The highest BCUT2D eigenvalue weighted by atomic mass is 19.1. The van der Waals surface area contributed by atoms with Crippen molar-refractivity contribution >= 4 is 0 Å². The molecular formula is C12H13F2NO. The average Bonchev–Trinajstić information content (AvgIpc) is 2.74. The fraction of sp³-hybridized carbons (Fsp3) is 0.500. The Hall–Kier alpha value is -1.18. The van der Waals surface area contributed by atoms with E-state index in [9.17, 15) is 8.78 Å². The minimum absolute atomic E-state index is 0.291. The first kappa shape index (κ1) is 11.3. The monoisotopic (exact) mass is 225 g/mol. The standard InChI is InChI=1S/C12H13F2NO/c1-2-9-7-12(8-13,15-16-9)10-5-3-4-6-11(10)14/h1,3-4,6,9-10,15H,5,7-8H2/t9?,10?,12-/m1/s1. The molecule has 0 radical (unpaired) electrons. The van der Waals surface area contributed by atoms with E-state index in [0.29, 0.717) is 12.8 Å². The molecule has 1 saturated heterocycles. The molecule has 0 spiro atoms. The first-order valence-corrected chi connectivity index (χ1v) is 5.19. The number of rotatable bonds is 2. The molecule has 2 unspecified atom stereocenters. The molecule has 2 aliphatic rings. The fourth-order valence-electron chi connectivity index (χ4n) is 2.18. The number of allylic oxidation sites excluding steroid dienone is 3. The van der Waals surface area contributed by atoms with Gasteiger partial charge in [0, 0.05) is 12.3 Å². The van der Waals surface area contributed by atoms with E-state index < -0.39 is 24.2 Å². The molecule has 86 valence electrons. The van der Waals surface area contributed by atoms with Crippen LogP contribution in [-0.4, -0.2) is 18.3 Å². The zero-order valence-corrected chi connectivity index (χ0v) is 8.75. The van der Waals surface area contributed by atoms with Crippen LogP contribution in [0, 0.1) is 18.3 Å². The number of hydrogen-bond donors (Lipinski definition) is 1. The van der Waals surface area contributed by atoms with Crippen molar-refractivity contribution in [2.45, 2.75) is 24.5 Å². The largest absolute Gasteiger partial charge is 0.285 e. The second-order valence-electron chi connectivity index (χ2n) is 4.14. The van der Waals surface area contributed by atoms with Gasteiger partial charge in [-0.2, -0.15) is 5.48 Å². The minimum atomic E-state index is -1.03. The zero-order chi connectivity index (χ0) is 11.6. The van der Waals surface area contributed by atoms with E-state index in [0.717, 1.165) is 0 Å². The Morgan fingerprint density at radius 2 is 2.50 bits per heavy atom. The Kier molecular flexibility index (Phi) is 3.08. The summed E-state index contributed by atoms with van der Waals surface area (Å²) in [5, 5.41) is 0. The van der Waals surface area contributed by atoms with Gasteiger partial charge in [0.05, 0.1) is 5.54 Å². The van der Waals surface area contributed by atoms with Gasteiger partial charge in [-0.15, -0.1) is 6.42 Å². The van der Waals surface area contributed by atoms with Gasteiger partial charge in [-0.05, 0) is 12.5 Å². The predicted molar refractivity (Wildman–Crippen MR) is 56.6 cm³/mol. The SMILES string of the molecule is C#CC1C[C@@](CF)(C2CC=CC=C2F)NO1. The molecule has 4 heteroatoms. The van der Waals surface area contributed by atoms with Crippen LogP contribution in [0.15, 0.2) is 24.1 Å². The molecule has 0 aromatic heterocycles. The summed E-state index contributed by atoms with van der Waals surface area (Å²) in [6.45, 7) is -0.703. The summed E-state index contributed by atoms with van der Waals surface area (Å²) in [6, 6.07) is 0. The van der Waals surface area contributed by atoms with E-state index in [1.165, 1.54) is 6.08 Å². The van der Waals surface area contributed by atoms with Gasteiger partial charge in [0.2, 0.25) is 0 Å². The summed E-state index contributed by atoms with van der Waals surface area (Å²) < 4.78 is 26.9. The summed E-state index contributed by atoms with van der Waals surface area (Å²) in [5.74, 6) is 1.53. The molecule has 2 nitrogen and oxygen atoms in total. The van der Waals surface area contributed by atoms with Gasteiger partial charge in [-0.3, -0.25) is 4.84 Å². The van der Waals surface area contributed by atoms with Gasteiger partial charge in [-0.1, -0.05) is 18.1 Å². The maximum Gasteiger partial charge on any atom is 0.141 e. The Morgan fingerprint density at radius 1 is 1.69 bits per heavy atom. The number of halogens is 2. The lowest BCUT2D eigenvalue weighted by Crippen LogP contribution is -2.49. The molecular weight excluding hydrogens is 212 g/mol. The van der Waals surface area contributed by atoms with Crippen LogP contribution in [0.4, 0.5) is 8.78 Å². The van der Waals surface area contributed by atoms with Gasteiger partial charge in [0.15, 0.2) is 0 Å². The third-order valence-electron chi connectivity index (χ3n) is 3.14. The van der Waals surface area contributed by atoms with Crippen molar-refractivity contribution in [3.05, 3.63) is 24.1 Å². The van der Waals surface area contributed by atoms with Gasteiger partial charge in [0.1, 0.15) is 18.6 Å². The van der Waals surface area contributed by atoms with Crippen LogP contribution < -0.4 is 5.48 Å². The first-order chi connectivity index (χ1) is 7.72. The van der Waals surface area contributed by atoms with Crippen molar-refractivity contribution in [3.63, 3.8) is 0 Å². The maximum absolute atomic E-state index is 13.7. The molecule has 0 amide bonds. The Morgan fingerprint density at radius 3 is 3.06 bits per heavy atom. The number of nitrogens with one attached hydrogen (secondary N) is 1. The van der Waals surface area contributed by atoms with Crippen LogP contribution in [0.5, 0.6) is 0 Å². The molecule has 3 atom stereocenters. The summed E-state index contributed by atoms with van der Waals surface area (Å²) >= 11 is 0. The molecule has 0 saturated carbocycles. The maximum atomic E-state index is 13.7. The van der Waals surface area contributed by atoms with Crippen LogP contribution in [0.2, 0.25) is 0 Å². The average molecular weight is 225 g/mol. The topological polar surface area (TPSA) is 21.3 Å². The van der Waals surface area contributed by atoms with E-state index in [1.807, 2.05) is 6.08 Å². The Bertz CT molecular complexity index is 372. The van der Waals surface area contributed by atoms with E-state index in [-0.39, 0.29) is 5.83 Å². The smallest absolute Gasteiger partial charge is 0.141 e. The predicted octanol–water partition coefficient (Wildman–Crippen LogP) is 2.05. The van der Waals surface area contributed by atoms with Crippen molar-refractivity contribution in [3.8, 4) is 12.3 Å². The van der Waals surface area contributed by atoms with Gasteiger partial charge in [0.25, 0.3) is 0 Å². The molecule has 1 aliphatic heterocycles. The second kappa shape index (κ2) is 4.36. The summed E-state index contributed by atoms with van der Waals surface area (Å²) in [4.78, 5) is 5.07. The van der Waals surface area contributed by atoms with Gasteiger partial charge in [-0.25, -0.2) is 8.78 Å². The van der Waals surface area contributed by atoms with Crippen LogP contribution in [0.1, 0.15) is 12.8 Å². The molecule has 1 fully saturated rings.